The first-order valence-electron chi connectivity index (χ1n) is 8.85. The number of hydrogen-bond donors (Lipinski definition) is 0. The van der Waals surface area contributed by atoms with Gasteiger partial charge >= 0.3 is 0 Å². The molecule has 0 aromatic rings. The maximum absolute atomic E-state index is 4.30. The lowest BCUT2D eigenvalue weighted by molar-refractivity contribution is 0.451. The maximum Gasteiger partial charge on any atom is 0.0454 e. The van der Waals surface area contributed by atoms with Crippen LogP contribution in [0.5, 0.6) is 0 Å². The second kappa shape index (κ2) is 12.4. The third-order valence-corrected chi connectivity index (χ3v) is 3.92. The summed E-state index contributed by atoms with van der Waals surface area (Å²) in [6.07, 6.45) is 19.7. The predicted octanol–water partition coefficient (Wildman–Crippen LogP) is 7.17. The quantitative estimate of drug-likeness (QED) is 0.385. The van der Waals surface area contributed by atoms with E-state index in [2.05, 4.69) is 70.1 Å². The largest absolute Gasteiger partial charge is 0.315 e. The summed E-state index contributed by atoms with van der Waals surface area (Å²) in [5.41, 5.74) is 3.13. The van der Waals surface area contributed by atoms with Gasteiger partial charge in [-0.25, -0.2) is 0 Å². The van der Waals surface area contributed by atoms with Crippen molar-refractivity contribution in [3.63, 3.8) is 0 Å². The molecule has 0 amide bonds. The Bertz CT molecular complexity index is 538. The van der Waals surface area contributed by atoms with E-state index in [0.29, 0.717) is 11.8 Å². The van der Waals surface area contributed by atoms with E-state index >= 15 is 0 Å². The minimum absolute atomic E-state index is 0.567. The zero-order valence-corrected chi connectivity index (χ0v) is 16.4. The van der Waals surface area contributed by atoms with Gasteiger partial charge in [-0.1, -0.05) is 64.3 Å². The van der Waals surface area contributed by atoms with Gasteiger partial charge in [0.1, 0.15) is 0 Å². The molecule has 0 radical (unpaired) electrons. The lowest BCUT2D eigenvalue weighted by Gasteiger charge is -2.27. The SMILES string of the molecule is C=C/C=C(\C)N(C(=C)/C=C\C(CC)C(C)C)C(/C=C\C)=C/C=C/C. The topological polar surface area (TPSA) is 3.24 Å². The second-order valence-electron chi connectivity index (χ2n) is 6.16. The van der Waals surface area contributed by atoms with E-state index in [1.165, 1.54) is 0 Å². The molecule has 1 atom stereocenters. The maximum atomic E-state index is 4.30. The molecule has 0 saturated carbocycles. The fourth-order valence-electron chi connectivity index (χ4n) is 2.55. The van der Waals surface area contributed by atoms with Crippen LogP contribution in [0.2, 0.25) is 0 Å². The summed E-state index contributed by atoms with van der Waals surface area (Å²) in [5, 5.41) is 0. The van der Waals surface area contributed by atoms with Gasteiger partial charge in [0.05, 0.1) is 0 Å². The van der Waals surface area contributed by atoms with Crippen LogP contribution in [0, 0.1) is 11.8 Å². The van der Waals surface area contributed by atoms with Gasteiger partial charge in [0, 0.05) is 17.1 Å². The van der Waals surface area contributed by atoms with E-state index in [4.69, 9.17) is 0 Å². The summed E-state index contributed by atoms with van der Waals surface area (Å²) in [6.45, 7) is 21.0. The van der Waals surface area contributed by atoms with Crippen LogP contribution in [0.1, 0.15) is 48.0 Å². The Morgan fingerprint density at radius 1 is 1.08 bits per heavy atom. The lowest BCUT2D eigenvalue weighted by atomic mass is 9.93. The number of nitrogens with zero attached hydrogens (tertiary/aromatic N) is 1. The van der Waals surface area contributed by atoms with Crippen LogP contribution < -0.4 is 0 Å². The van der Waals surface area contributed by atoms with Gasteiger partial charge in [0.25, 0.3) is 0 Å². The minimum atomic E-state index is 0.567. The fraction of sp³-hybridized carbons (Fsp3) is 0.391. The van der Waals surface area contributed by atoms with Crippen molar-refractivity contribution in [1.82, 2.24) is 4.90 Å². The van der Waals surface area contributed by atoms with E-state index in [1.807, 2.05) is 44.2 Å². The molecule has 0 heterocycles. The van der Waals surface area contributed by atoms with Gasteiger partial charge in [-0.2, -0.15) is 0 Å². The van der Waals surface area contributed by atoms with E-state index in [0.717, 1.165) is 23.5 Å². The normalized spacial score (nSPS) is 15.0. The molecular formula is C23H35N. The third-order valence-electron chi connectivity index (χ3n) is 3.92. The summed E-state index contributed by atoms with van der Waals surface area (Å²) < 4.78 is 0. The molecule has 0 aromatic heterocycles. The Morgan fingerprint density at radius 2 is 1.75 bits per heavy atom. The lowest BCUT2D eigenvalue weighted by Crippen LogP contribution is -2.18. The first-order valence-corrected chi connectivity index (χ1v) is 8.85. The average molecular weight is 326 g/mol. The van der Waals surface area contributed by atoms with Crippen LogP contribution in [0.3, 0.4) is 0 Å². The van der Waals surface area contributed by atoms with Crippen molar-refractivity contribution in [3.8, 4) is 0 Å². The molecule has 1 nitrogen and oxygen atoms in total. The minimum Gasteiger partial charge on any atom is -0.315 e. The van der Waals surface area contributed by atoms with E-state index in [-0.39, 0.29) is 0 Å². The Labute approximate surface area is 150 Å². The van der Waals surface area contributed by atoms with Crippen LogP contribution in [-0.4, -0.2) is 4.90 Å². The molecule has 1 heteroatoms. The van der Waals surface area contributed by atoms with Gasteiger partial charge < -0.3 is 4.90 Å². The Balaban J connectivity index is 5.79. The molecular weight excluding hydrogens is 290 g/mol. The van der Waals surface area contributed by atoms with E-state index in [1.54, 1.807) is 0 Å². The summed E-state index contributed by atoms with van der Waals surface area (Å²) in [4.78, 5) is 2.16. The van der Waals surface area contributed by atoms with Crippen LogP contribution in [-0.2, 0) is 0 Å². The number of hydrogen-bond acceptors (Lipinski definition) is 1. The molecule has 0 fully saturated rings. The summed E-state index contributed by atoms with van der Waals surface area (Å²) in [5.74, 6) is 1.20. The molecule has 0 aromatic carbocycles. The molecule has 0 saturated heterocycles. The highest BCUT2D eigenvalue weighted by Gasteiger charge is 2.12. The average Bonchev–Trinajstić information content (AvgIpc) is 2.53. The molecule has 0 bridgehead atoms. The second-order valence-corrected chi connectivity index (χ2v) is 6.16. The number of allylic oxidation sites excluding steroid dienone is 10. The molecule has 0 aliphatic heterocycles. The summed E-state index contributed by atoms with van der Waals surface area (Å²) in [6, 6.07) is 0. The van der Waals surface area contributed by atoms with Crippen LogP contribution >= 0.6 is 0 Å². The van der Waals surface area contributed by atoms with Crippen molar-refractivity contribution < 1.29 is 0 Å². The van der Waals surface area contributed by atoms with E-state index in [9.17, 15) is 0 Å². The highest BCUT2D eigenvalue weighted by Crippen LogP contribution is 2.23. The molecule has 132 valence electrons. The van der Waals surface area contributed by atoms with Gasteiger partial charge in [-0.15, -0.1) is 0 Å². The fourth-order valence-corrected chi connectivity index (χ4v) is 2.55. The molecule has 0 spiro atoms. The van der Waals surface area contributed by atoms with Crippen molar-refractivity contribution >= 4 is 0 Å². The molecule has 24 heavy (non-hydrogen) atoms. The van der Waals surface area contributed by atoms with E-state index < -0.39 is 0 Å². The van der Waals surface area contributed by atoms with Crippen LogP contribution in [0.4, 0.5) is 0 Å². The molecule has 0 N–H and O–H groups in total. The van der Waals surface area contributed by atoms with Gasteiger partial charge in [-0.05, 0) is 63.3 Å². The van der Waals surface area contributed by atoms with Crippen molar-refractivity contribution in [1.29, 1.82) is 0 Å². The van der Waals surface area contributed by atoms with Crippen molar-refractivity contribution in [3.05, 3.63) is 84.9 Å². The monoisotopic (exact) mass is 325 g/mol. The zero-order valence-electron chi connectivity index (χ0n) is 16.4. The third kappa shape index (κ3) is 7.50. The first-order chi connectivity index (χ1) is 11.4. The number of rotatable bonds is 10. The molecule has 0 aliphatic rings. The van der Waals surface area contributed by atoms with Gasteiger partial charge in [0.2, 0.25) is 0 Å². The smallest absolute Gasteiger partial charge is 0.0454 e. The van der Waals surface area contributed by atoms with Crippen molar-refractivity contribution in [2.75, 3.05) is 0 Å². The molecule has 1 unspecified atom stereocenters. The molecule has 0 rings (SSSR count). The zero-order chi connectivity index (χ0) is 18.5. The van der Waals surface area contributed by atoms with Gasteiger partial charge in [0.15, 0.2) is 0 Å². The van der Waals surface area contributed by atoms with Crippen LogP contribution in [0.15, 0.2) is 84.9 Å². The summed E-state index contributed by atoms with van der Waals surface area (Å²) >= 11 is 0. The highest BCUT2D eigenvalue weighted by molar-refractivity contribution is 5.35. The Kier molecular flexibility index (Phi) is 11.4. The van der Waals surface area contributed by atoms with Crippen molar-refractivity contribution in [2.45, 2.75) is 48.0 Å². The first kappa shape index (κ1) is 22.0. The highest BCUT2D eigenvalue weighted by atomic mass is 15.2. The molecule has 0 aliphatic carbocycles. The summed E-state index contributed by atoms with van der Waals surface area (Å²) in [7, 11) is 0. The predicted molar refractivity (Wildman–Crippen MR) is 110 cm³/mol. The van der Waals surface area contributed by atoms with Crippen LogP contribution in [0.25, 0.3) is 0 Å². The van der Waals surface area contributed by atoms with Crippen molar-refractivity contribution in [2.24, 2.45) is 11.8 Å². The Morgan fingerprint density at radius 3 is 2.21 bits per heavy atom. The standard InChI is InChI=1S/C23H35N/c1-9-13-16-23(15-11-3)24(20(7)14-10-2)21(8)17-18-22(12-4)19(5)6/h9-11,13-19,22H,2,8,12H2,1,3-7H3/b13-9+,15-11-,18-17-,20-14+,23-16+. The van der Waals surface area contributed by atoms with Gasteiger partial charge in [-0.3, -0.25) is 0 Å². The Hall–Kier alpha value is -2.02.